The van der Waals surface area contributed by atoms with E-state index in [2.05, 4.69) is 99.9 Å². The van der Waals surface area contributed by atoms with Gasteiger partial charge in [0.2, 0.25) is 0 Å². The van der Waals surface area contributed by atoms with E-state index >= 15 is 0 Å². The van der Waals surface area contributed by atoms with Crippen molar-refractivity contribution in [3.05, 3.63) is 59.7 Å². The number of benzene rings is 2. The Bertz CT molecular complexity index is 793. The molecule has 1 fully saturated rings. The number of hydrogen-bond donors (Lipinski definition) is 0. The first-order valence-corrected chi connectivity index (χ1v) is 13.1. The maximum Gasteiger partial charge on any atom is 0.0701 e. The summed E-state index contributed by atoms with van der Waals surface area (Å²) < 4.78 is 17.9. The molecule has 0 atom stereocenters. The van der Waals surface area contributed by atoms with Crippen LogP contribution in [0.25, 0.3) is 0 Å². The molecule has 1 aliphatic heterocycles. The van der Waals surface area contributed by atoms with Crippen LogP contribution in [0.3, 0.4) is 0 Å². The van der Waals surface area contributed by atoms with Crippen molar-refractivity contribution < 1.29 is 14.2 Å². The zero-order valence-electron chi connectivity index (χ0n) is 22.8. The first kappa shape index (κ1) is 27.5. The van der Waals surface area contributed by atoms with E-state index in [0.717, 1.165) is 26.2 Å². The highest BCUT2D eigenvalue weighted by Crippen LogP contribution is 2.26. The maximum absolute atomic E-state index is 6.10. The molecule has 0 amide bonds. The molecule has 5 heteroatoms. The normalized spacial score (nSPS) is 18.1. The summed E-state index contributed by atoms with van der Waals surface area (Å²) in [5.41, 5.74) is 5.43. The van der Waals surface area contributed by atoms with Crippen LogP contribution >= 0.6 is 0 Å². The lowest BCUT2D eigenvalue weighted by Crippen LogP contribution is -2.33. The van der Waals surface area contributed by atoms with E-state index in [1.54, 1.807) is 0 Å². The molecule has 3 rings (SSSR count). The van der Waals surface area contributed by atoms with E-state index in [0.29, 0.717) is 39.6 Å². The number of rotatable bonds is 2. The molecule has 1 saturated heterocycles. The van der Waals surface area contributed by atoms with Crippen LogP contribution in [0.5, 0.6) is 0 Å². The minimum Gasteiger partial charge on any atom is -0.378 e. The van der Waals surface area contributed by atoms with Crippen LogP contribution < -0.4 is 9.80 Å². The minimum absolute atomic E-state index is 0.154. The summed E-state index contributed by atoms with van der Waals surface area (Å²) in [6.07, 6.45) is 0. The van der Waals surface area contributed by atoms with E-state index in [9.17, 15) is 0 Å². The maximum atomic E-state index is 6.10. The fourth-order valence-corrected chi connectivity index (χ4v) is 4.21. The highest BCUT2D eigenvalue weighted by molar-refractivity contribution is 5.49. The standard InChI is InChI=1S/C30H46N2O3/c1-29(2,3)25-7-11-27(12-8-25)31-15-19-33-20-16-32(18-22-35-24-23-34-21-17-31)28-13-9-26(10-14-28)30(4,5)6/h7-14H,15-24H2,1-6H3. The average molecular weight is 483 g/mol. The van der Waals surface area contributed by atoms with Gasteiger partial charge in [0.15, 0.2) is 0 Å². The first-order chi connectivity index (χ1) is 16.6. The second-order valence-corrected chi connectivity index (χ2v) is 11.4. The summed E-state index contributed by atoms with van der Waals surface area (Å²) in [5, 5.41) is 0. The van der Waals surface area contributed by atoms with Crippen molar-refractivity contribution in [2.45, 2.75) is 52.4 Å². The summed E-state index contributed by atoms with van der Waals surface area (Å²) in [5.74, 6) is 0. The quantitative estimate of drug-likeness (QED) is 0.552. The second-order valence-electron chi connectivity index (χ2n) is 11.4. The Hall–Kier alpha value is -2.08. The van der Waals surface area contributed by atoms with Crippen molar-refractivity contribution in [2.75, 3.05) is 75.6 Å². The first-order valence-electron chi connectivity index (χ1n) is 13.1. The van der Waals surface area contributed by atoms with Gasteiger partial charge in [-0.05, 0) is 46.2 Å². The van der Waals surface area contributed by atoms with Gasteiger partial charge >= 0.3 is 0 Å². The molecule has 35 heavy (non-hydrogen) atoms. The third-order valence-corrected chi connectivity index (χ3v) is 6.59. The van der Waals surface area contributed by atoms with Crippen molar-refractivity contribution in [1.29, 1.82) is 0 Å². The lowest BCUT2D eigenvalue weighted by atomic mass is 9.87. The summed E-state index contributed by atoms with van der Waals surface area (Å²) in [6.45, 7) is 20.8. The molecule has 1 heterocycles. The van der Waals surface area contributed by atoms with Gasteiger partial charge in [-0.1, -0.05) is 65.8 Å². The number of nitrogens with zero attached hydrogens (tertiary/aromatic N) is 2. The summed E-state index contributed by atoms with van der Waals surface area (Å²) >= 11 is 0. The monoisotopic (exact) mass is 482 g/mol. The zero-order valence-corrected chi connectivity index (χ0v) is 22.8. The Morgan fingerprint density at radius 2 is 0.743 bits per heavy atom. The van der Waals surface area contributed by atoms with Gasteiger partial charge in [-0.25, -0.2) is 0 Å². The van der Waals surface area contributed by atoms with E-state index in [4.69, 9.17) is 14.2 Å². The molecule has 0 spiro atoms. The molecule has 0 aliphatic carbocycles. The topological polar surface area (TPSA) is 34.2 Å². The lowest BCUT2D eigenvalue weighted by Gasteiger charge is -2.27. The van der Waals surface area contributed by atoms with Gasteiger partial charge < -0.3 is 24.0 Å². The molecule has 0 saturated carbocycles. The van der Waals surface area contributed by atoms with Gasteiger partial charge in [0.05, 0.1) is 39.6 Å². The fourth-order valence-electron chi connectivity index (χ4n) is 4.21. The van der Waals surface area contributed by atoms with Crippen LogP contribution in [-0.4, -0.2) is 65.8 Å². The van der Waals surface area contributed by atoms with Crippen molar-refractivity contribution in [3.63, 3.8) is 0 Å². The molecule has 1 aliphatic rings. The SMILES string of the molecule is CC(C)(C)c1ccc(N2CCOCCOCCN(c3ccc(C(C)(C)C)cc3)CCOCC2)cc1. The summed E-state index contributed by atoms with van der Waals surface area (Å²) in [6, 6.07) is 17.8. The van der Waals surface area contributed by atoms with Gasteiger partial charge in [-0.2, -0.15) is 0 Å². The molecule has 0 N–H and O–H groups in total. The molecule has 194 valence electrons. The predicted molar refractivity (Wildman–Crippen MR) is 147 cm³/mol. The summed E-state index contributed by atoms with van der Waals surface area (Å²) in [4.78, 5) is 4.71. The Morgan fingerprint density at radius 1 is 0.457 bits per heavy atom. The van der Waals surface area contributed by atoms with E-state index in [1.807, 2.05) is 0 Å². The number of ether oxygens (including phenoxy) is 3. The minimum atomic E-state index is 0.154. The molecule has 0 aromatic heterocycles. The highest BCUT2D eigenvalue weighted by atomic mass is 16.5. The van der Waals surface area contributed by atoms with Crippen LogP contribution in [0, 0.1) is 0 Å². The third-order valence-electron chi connectivity index (χ3n) is 6.59. The van der Waals surface area contributed by atoms with Crippen molar-refractivity contribution >= 4 is 11.4 Å². The fraction of sp³-hybridized carbons (Fsp3) is 0.600. The smallest absolute Gasteiger partial charge is 0.0701 e. The predicted octanol–water partition coefficient (Wildman–Crippen LogP) is 5.66. The molecule has 2 aromatic carbocycles. The van der Waals surface area contributed by atoms with Crippen LogP contribution in [0.4, 0.5) is 11.4 Å². The van der Waals surface area contributed by atoms with Crippen LogP contribution in [-0.2, 0) is 25.0 Å². The lowest BCUT2D eigenvalue weighted by molar-refractivity contribution is 0.0530. The van der Waals surface area contributed by atoms with Gasteiger partial charge in [0.1, 0.15) is 0 Å². The molecular formula is C30H46N2O3. The Labute approximate surface area is 213 Å². The molecule has 0 unspecified atom stereocenters. The zero-order chi connectivity index (χ0) is 25.3. The van der Waals surface area contributed by atoms with Gasteiger partial charge in [0, 0.05) is 37.6 Å². The van der Waals surface area contributed by atoms with Crippen molar-refractivity contribution in [2.24, 2.45) is 0 Å². The highest BCUT2D eigenvalue weighted by Gasteiger charge is 2.16. The van der Waals surface area contributed by atoms with Crippen LogP contribution in [0.1, 0.15) is 52.7 Å². The third kappa shape index (κ3) is 8.82. The second kappa shape index (κ2) is 12.8. The Morgan fingerprint density at radius 3 is 1.03 bits per heavy atom. The summed E-state index contributed by atoms with van der Waals surface area (Å²) in [7, 11) is 0. The van der Waals surface area contributed by atoms with Crippen LogP contribution in [0.2, 0.25) is 0 Å². The molecule has 0 bridgehead atoms. The largest absolute Gasteiger partial charge is 0.378 e. The van der Waals surface area contributed by atoms with Crippen molar-refractivity contribution in [3.8, 4) is 0 Å². The average Bonchev–Trinajstić information content (AvgIpc) is 2.82. The Balaban J connectivity index is 1.62. The van der Waals surface area contributed by atoms with E-state index in [1.165, 1.54) is 22.5 Å². The number of anilines is 2. The van der Waals surface area contributed by atoms with Gasteiger partial charge in [-0.15, -0.1) is 0 Å². The molecule has 0 radical (unpaired) electrons. The number of hydrogen-bond acceptors (Lipinski definition) is 5. The van der Waals surface area contributed by atoms with Gasteiger partial charge in [-0.3, -0.25) is 0 Å². The van der Waals surface area contributed by atoms with Crippen molar-refractivity contribution in [1.82, 2.24) is 0 Å². The Kier molecular flexibility index (Phi) is 10.0. The van der Waals surface area contributed by atoms with E-state index in [-0.39, 0.29) is 10.8 Å². The molecule has 2 aromatic rings. The molecule has 5 nitrogen and oxygen atoms in total. The van der Waals surface area contributed by atoms with Crippen LogP contribution in [0.15, 0.2) is 48.5 Å². The van der Waals surface area contributed by atoms with Gasteiger partial charge in [0.25, 0.3) is 0 Å². The molecular weight excluding hydrogens is 436 g/mol. The van der Waals surface area contributed by atoms with E-state index < -0.39 is 0 Å².